The number of carboxylic acid groups (broad SMARTS) is 1. The van der Waals surface area contributed by atoms with Crippen molar-refractivity contribution in [3.8, 4) is 0 Å². The maximum Gasteiger partial charge on any atom is 0.303 e. The van der Waals surface area contributed by atoms with Gasteiger partial charge in [0.15, 0.2) is 0 Å². The topological polar surface area (TPSA) is 40.5 Å². The molecular weight excluding hydrogens is 226 g/mol. The van der Waals surface area contributed by atoms with E-state index in [1.807, 2.05) is 0 Å². The number of nitrogens with zero attached hydrogens (tertiary/aromatic N) is 1. The lowest BCUT2D eigenvalue weighted by Gasteiger charge is -2.40. The van der Waals surface area contributed by atoms with Crippen LogP contribution in [0.15, 0.2) is 0 Å². The van der Waals surface area contributed by atoms with Gasteiger partial charge in [-0.15, -0.1) is 0 Å². The molecule has 1 heterocycles. The lowest BCUT2D eigenvalue weighted by Crippen LogP contribution is -2.45. The van der Waals surface area contributed by atoms with Crippen LogP contribution in [-0.4, -0.2) is 35.1 Å². The second-order valence-corrected chi connectivity index (χ2v) is 6.45. The third-order valence-corrected chi connectivity index (χ3v) is 5.08. The first kappa shape index (κ1) is 13.9. The largest absolute Gasteiger partial charge is 0.481 e. The average molecular weight is 253 g/mol. The van der Waals surface area contributed by atoms with Crippen LogP contribution in [0.5, 0.6) is 0 Å². The van der Waals surface area contributed by atoms with Crippen LogP contribution < -0.4 is 0 Å². The first-order valence-corrected chi connectivity index (χ1v) is 7.53. The fraction of sp³-hybridized carbons (Fsp3) is 0.933. The first-order valence-electron chi connectivity index (χ1n) is 7.53. The van der Waals surface area contributed by atoms with E-state index in [-0.39, 0.29) is 0 Å². The molecule has 4 atom stereocenters. The molecule has 2 fully saturated rings. The van der Waals surface area contributed by atoms with E-state index in [1.165, 1.54) is 38.6 Å². The summed E-state index contributed by atoms with van der Waals surface area (Å²) in [5, 5.41) is 8.92. The Balaban J connectivity index is 1.89. The number of likely N-dealkylation sites (tertiary alicyclic amines) is 1. The number of hydrogen-bond acceptors (Lipinski definition) is 2. The zero-order chi connectivity index (χ0) is 13.1. The molecular formula is C15H27NO2. The minimum absolute atomic E-state index is 0.321. The molecule has 104 valence electrons. The quantitative estimate of drug-likeness (QED) is 0.837. The predicted octanol–water partition coefficient (Wildman–Crippen LogP) is 3.00. The Hall–Kier alpha value is -0.570. The van der Waals surface area contributed by atoms with Crippen LogP contribution in [0.2, 0.25) is 0 Å². The molecule has 18 heavy (non-hydrogen) atoms. The standard InChI is InChI=1S/C15H27NO2/c1-11-5-3-7-14(11)16-8-4-6-13(10-16)12(2)9-15(17)18/h11-14H,3-10H2,1-2H3,(H,17,18). The second-order valence-electron chi connectivity index (χ2n) is 6.45. The smallest absolute Gasteiger partial charge is 0.303 e. The fourth-order valence-corrected chi connectivity index (χ4v) is 3.92. The predicted molar refractivity (Wildman–Crippen MR) is 72.5 cm³/mol. The van der Waals surface area contributed by atoms with Gasteiger partial charge in [0.2, 0.25) is 0 Å². The highest BCUT2D eigenvalue weighted by Gasteiger charge is 2.33. The Morgan fingerprint density at radius 1 is 1.33 bits per heavy atom. The summed E-state index contributed by atoms with van der Waals surface area (Å²) < 4.78 is 0. The van der Waals surface area contributed by atoms with Crippen molar-refractivity contribution >= 4 is 5.97 Å². The first-order chi connectivity index (χ1) is 8.58. The van der Waals surface area contributed by atoms with Gasteiger partial charge in [0, 0.05) is 19.0 Å². The minimum Gasteiger partial charge on any atom is -0.481 e. The maximum absolute atomic E-state index is 10.8. The minimum atomic E-state index is -0.645. The summed E-state index contributed by atoms with van der Waals surface area (Å²) in [6.45, 7) is 6.84. The van der Waals surface area contributed by atoms with Crippen molar-refractivity contribution < 1.29 is 9.90 Å². The lowest BCUT2D eigenvalue weighted by molar-refractivity contribution is -0.138. The summed E-state index contributed by atoms with van der Waals surface area (Å²) in [6, 6.07) is 0.768. The molecule has 1 N–H and O–H groups in total. The molecule has 3 nitrogen and oxygen atoms in total. The number of hydrogen-bond donors (Lipinski definition) is 1. The van der Waals surface area contributed by atoms with Gasteiger partial charge in [0.05, 0.1) is 0 Å². The van der Waals surface area contributed by atoms with Crippen LogP contribution in [0.3, 0.4) is 0 Å². The molecule has 4 unspecified atom stereocenters. The van der Waals surface area contributed by atoms with E-state index < -0.39 is 5.97 Å². The van der Waals surface area contributed by atoms with Gasteiger partial charge in [-0.05, 0) is 50.0 Å². The van der Waals surface area contributed by atoms with Gasteiger partial charge >= 0.3 is 5.97 Å². The highest BCUT2D eigenvalue weighted by Crippen LogP contribution is 2.34. The van der Waals surface area contributed by atoms with E-state index >= 15 is 0 Å². The van der Waals surface area contributed by atoms with Gasteiger partial charge in [-0.1, -0.05) is 20.3 Å². The fourth-order valence-electron chi connectivity index (χ4n) is 3.92. The summed E-state index contributed by atoms with van der Waals surface area (Å²) in [4.78, 5) is 13.5. The molecule has 1 saturated heterocycles. The third-order valence-electron chi connectivity index (χ3n) is 5.08. The van der Waals surface area contributed by atoms with E-state index in [0.29, 0.717) is 18.3 Å². The van der Waals surface area contributed by atoms with Gasteiger partial charge in [0.1, 0.15) is 0 Å². The summed E-state index contributed by atoms with van der Waals surface area (Å²) in [6.07, 6.45) is 6.89. The van der Waals surface area contributed by atoms with Crippen LogP contribution in [0.4, 0.5) is 0 Å². The van der Waals surface area contributed by atoms with Crippen molar-refractivity contribution in [1.29, 1.82) is 0 Å². The molecule has 1 saturated carbocycles. The van der Waals surface area contributed by atoms with E-state index in [4.69, 9.17) is 5.11 Å². The van der Waals surface area contributed by atoms with Crippen molar-refractivity contribution in [2.24, 2.45) is 17.8 Å². The summed E-state index contributed by atoms with van der Waals surface area (Å²) >= 11 is 0. The molecule has 0 amide bonds. The SMILES string of the molecule is CC(CC(=O)O)C1CCCN(C2CCCC2C)C1. The van der Waals surface area contributed by atoms with Crippen molar-refractivity contribution in [1.82, 2.24) is 4.90 Å². The van der Waals surface area contributed by atoms with Crippen LogP contribution >= 0.6 is 0 Å². The van der Waals surface area contributed by atoms with Crippen molar-refractivity contribution in [3.63, 3.8) is 0 Å². The molecule has 0 radical (unpaired) electrons. The Kier molecular flexibility index (Phi) is 4.66. The molecule has 1 aliphatic carbocycles. The molecule has 0 bridgehead atoms. The van der Waals surface area contributed by atoms with Gasteiger partial charge in [-0.2, -0.15) is 0 Å². The summed E-state index contributed by atoms with van der Waals surface area (Å²) in [5.74, 6) is 1.09. The monoisotopic (exact) mass is 253 g/mol. The van der Waals surface area contributed by atoms with Crippen molar-refractivity contribution in [2.45, 2.75) is 58.4 Å². The highest BCUT2D eigenvalue weighted by molar-refractivity contribution is 5.67. The van der Waals surface area contributed by atoms with E-state index in [2.05, 4.69) is 18.7 Å². The van der Waals surface area contributed by atoms with Gasteiger partial charge in [0.25, 0.3) is 0 Å². The Bertz CT molecular complexity index is 292. The lowest BCUT2D eigenvalue weighted by atomic mass is 9.83. The number of piperidine rings is 1. The summed E-state index contributed by atoms with van der Waals surface area (Å²) in [5.41, 5.74) is 0. The van der Waals surface area contributed by atoms with Crippen LogP contribution in [0.1, 0.15) is 52.4 Å². The van der Waals surface area contributed by atoms with Gasteiger partial charge in [-0.25, -0.2) is 0 Å². The van der Waals surface area contributed by atoms with Gasteiger partial charge in [-0.3, -0.25) is 9.69 Å². The Labute approximate surface area is 111 Å². The molecule has 0 spiro atoms. The van der Waals surface area contributed by atoms with Gasteiger partial charge < -0.3 is 5.11 Å². The zero-order valence-electron chi connectivity index (χ0n) is 11.8. The van der Waals surface area contributed by atoms with E-state index in [9.17, 15) is 4.79 Å². The Morgan fingerprint density at radius 3 is 2.72 bits per heavy atom. The number of aliphatic carboxylic acids is 1. The zero-order valence-corrected chi connectivity index (χ0v) is 11.8. The molecule has 3 heteroatoms. The van der Waals surface area contributed by atoms with E-state index in [1.54, 1.807) is 0 Å². The summed E-state index contributed by atoms with van der Waals surface area (Å²) in [7, 11) is 0. The van der Waals surface area contributed by atoms with Crippen LogP contribution in [-0.2, 0) is 4.79 Å². The Morgan fingerprint density at radius 2 is 2.11 bits per heavy atom. The maximum atomic E-state index is 10.8. The van der Waals surface area contributed by atoms with Crippen LogP contribution in [0, 0.1) is 17.8 Å². The molecule has 0 aromatic carbocycles. The van der Waals surface area contributed by atoms with Crippen LogP contribution in [0.25, 0.3) is 0 Å². The molecule has 2 rings (SSSR count). The average Bonchev–Trinajstić information content (AvgIpc) is 2.75. The number of carbonyl (C=O) groups is 1. The number of carboxylic acids is 1. The van der Waals surface area contributed by atoms with Crippen molar-refractivity contribution in [2.75, 3.05) is 13.1 Å². The molecule has 2 aliphatic rings. The molecule has 0 aromatic rings. The second kappa shape index (κ2) is 6.05. The third kappa shape index (κ3) is 3.25. The van der Waals surface area contributed by atoms with E-state index in [0.717, 1.165) is 18.5 Å². The normalized spacial score (nSPS) is 35.6. The molecule has 0 aromatic heterocycles. The highest BCUT2D eigenvalue weighted by atomic mass is 16.4. The van der Waals surface area contributed by atoms with Crippen molar-refractivity contribution in [3.05, 3.63) is 0 Å². The molecule has 1 aliphatic heterocycles. The number of rotatable bonds is 4.